The van der Waals surface area contributed by atoms with Gasteiger partial charge >= 0.3 is 0 Å². The Kier molecular flexibility index (Phi) is 3.09. The van der Waals surface area contributed by atoms with Crippen molar-refractivity contribution in [3.63, 3.8) is 0 Å². The zero-order valence-corrected chi connectivity index (χ0v) is 8.71. The number of aliphatic hydroxyl groups excluding tert-OH is 1. The van der Waals surface area contributed by atoms with E-state index in [9.17, 15) is 4.79 Å². The fourth-order valence-electron chi connectivity index (χ4n) is 1.73. The normalized spacial score (nSPS) is 24.4. The number of carbonyl (C=O) groups excluding carboxylic acids is 1. The summed E-state index contributed by atoms with van der Waals surface area (Å²) < 4.78 is 0. The maximum atomic E-state index is 11.1. The van der Waals surface area contributed by atoms with E-state index >= 15 is 0 Å². The molecule has 1 saturated carbocycles. The highest BCUT2D eigenvalue weighted by Gasteiger charge is 2.33. The van der Waals surface area contributed by atoms with Gasteiger partial charge < -0.3 is 5.11 Å². The average Bonchev–Trinajstić information content (AvgIpc) is 2.50. The van der Waals surface area contributed by atoms with Crippen LogP contribution >= 0.6 is 0 Å². The van der Waals surface area contributed by atoms with Crippen molar-refractivity contribution in [1.29, 1.82) is 0 Å². The zero-order valence-electron chi connectivity index (χ0n) is 8.71. The lowest BCUT2D eigenvalue weighted by Gasteiger charge is -2.38. The molecule has 0 aromatic rings. The van der Waals surface area contributed by atoms with E-state index in [1.165, 1.54) is 0 Å². The third kappa shape index (κ3) is 2.29. The van der Waals surface area contributed by atoms with Crippen LogP contribution in [-0.2, 0) is 4.79 Å². The third-order valence-electron chi connectivity index (χ3n) is 3.11. The number of nitrogens with zero attached hydrogens (tertiary/aromatic N) is 1. The second-order valence-electron chi connectivity index (χ2n) is 4.52. The fourth-order valence-corrected chi connectivity index (χ4v) is 1.73. The molecule has 0 aromatic carbocycles. The molecule has 0 spiro atoms. The van der Waals surface area contributed by atoms with Crippen LogP contribution in [0, 0.1) is 0 Å². The first kappa shape index (κ1) is 10.7. The Labute approximate surface area is 79.7 Å². The summed E-state index contributed by atoms with van der Waals surface area (Å²) in [5.74, 6) is 0.352. The maximum Gasteiger partial charge on any atom is 0.134 e. The number of aliphatic hydroxyl groups is 1. The van der Waals surface area contributed by atoms with Crippen LogP contribution in [-0.4, -0.2) is 41.0 Å². The Morgan fingerprint density at radius 1 is 1.62 bits per heavy atom. The largest absolute Gasteiger partial charge is 0.394 e. The second kappa shape index (κ2) is 3.76. The quantitative estimate of drug-likeness (QED) is 0.707. The van der Waals surface area contributed by atoms with Gasteiger partial charge in [-0.1, -0.05) is 0 Å². The van der Waals surface area contributed by atoms with Gasteiger partial charge in [-0.25, -0.2) is 0 Å². The van der Waals surface area contributed by atoms with Crippen molar-refractivity contribution in [2.45, 2.75) is 44.7 Å². The molecular weight excluding hydrogens is 166 g/mol. The number of ketones is 1. The molecule has 0 amide bonds. The van der Waals surface area contributed by atoms with Crippen molar-refractivity contribution in [1.82, 2.24) is 4.90 Å². The molecule has 3 nitrogen and oxygen atoms in total. The third-order valence-corrected chi connectivity index (χ3v) is 3.11. The molecule has 0 aromatic heterocycles. The van der Waals surface area contributed by atoms with Gasteiger partial charge in [-0.05, 0) is 27.3 Å². The summed E-state index contributed by atoms with van der Waals surface area (Å²) >= 11 is 0. The summed E-state index contributed by atoms with van der Waals surface area (Å²) in [6, 6.07) is 0.328. The highest BCUT2D eigenvalue weighted by Crippen LogP contribution is 2.25. The first-order valence-corrected chi connectivity index (χ1v) is 4.83. The highest BCUT2D eigenvalue weighted by atomic mass is 16.3. The Morgan fingerprint density at radius 2 is 2.23 bits per heavy atom. The fraction of sp³-hybridized carbons (Fsp3) is 0.900. The molecule has 1 atom stereocenters. The van der Waals surface area contributed by atoms with Crippen molar-refractivity contribution >= 4 is 5.78 Å². The van der Waals surface area contributed by atoms with Crippen molar-refractivity contribution < 1.29 is 9.90 Å². The van der Waals surface area contributed by atoms with Gasteiger partial charge in [-0.3, -0.25) is 9.69 Å². The smallest absolute Gasteiger partial charge is 0.134 e. The molecule has 0 radical (unpaired) electrons. The molecule has 3 heteroatoms. The monoisotopic (exact) mass is 185 g/mol. The lowest BCUT2D eigenvalue weighted by atomic mass is 10.0. The minimum atomic E-state index is -0.213. The van der Waals surface area contributed by atoms with Crippen molar-refractivity contribution in [3.05, 3.63) is 0 Å². The molecule has 1 aliphatic carbocycles. The topological polar surface area (TPSA) is 40.5 Å². The van der Waals surface area contributed by atoms with Crippen molar-refractivity contribution in [2.75, 3.05) is 13.7 Å². The summed E-state index contributed by atoms with van der Waals surface area (Å²) in [6.07, 6.45) is 2.30. The van der Waals surface area contributed by atoms with Crippen LogP contribution in [0.25, 0.3) is 0 Å². The summed E-state index contributed by atoms with van der Waals surface area (Å²) in [7, 11) is 1.99. The lowest BCUT2D eigenvalue weighted by molar-refractivity contribution is -0.117. The van der Waals surface area contributed by atoms with Crippen LogP contribution in [0.15, 0.2) is 0 Å². The van der Waals surface area contributed by atoms with Crippen LogP contribution in [0.1, 0.15) is 33.1 Å². The Bertz CT molecular complexity index is 201. The van der Waals surface area contributed by atoms with E-state index < -0.39 is 0 Å². The van der Waals surface area contributed by atoms with Gasteiger partial charge in [0.25, 0.3) is 0 Å². The Hall–Kier alpha value is -0.410. The van der Waals surface area contributed by atoms with Gasteiger partial charge in [0.15, 0.2) is 0 Å². The minimum absolute atomic E-state index is 0.133. The molecule has 1 unspecified atom stereocenters. The van der Waals surface area contributed by atoms with Gasteiger partial charge in [0.05, 0.1) is 6.61 Å². The zero-order chi connectivity index (χ0) is 10.1. The number of likely N-dealkylation sites (N-methyl/N-ethyl adjacent to an activating group) is 1. The first-order chi connectivity index (χ1) is 5.97. The Morgan fingerprint density at radius 3 is 2.62 bits per heavy atom. The van der Waals surface area contributed by atoms with Crippen LogP contribution in [0.5, 0.6) is 0 Å². The Balaban J connectivity index is 2.57. The summed E-state index contributed by atoms with van der Waals surface area (Å²) in [6.45, 7) is 4.12. The van der Waals surface area contributed by atoms with Gasteiger partial charge in [-0.2, -0.15) is 0 Å². The van der Waals surface area contributed by atoms with Gasteiger partial charge in [0.2, 0.25) is 0 Å². The molecular formula is C10H19NO2. The average molecular weight is 185 g/mol. The summed E-state index contributed by atoms with van der Waals surface area (Å²) in [5, 5.41) is 9.16. The molecule has 1 fully saturated rings. The van der Waals surface area contributed by atoms with E-state index in [0.717, 1.165) is 6.42 Å². The predicted octanol–water partition coefficient (Wildman–Crippen LogP) is 0.811. The van der Waals surface area contributed by atoms with Crippen LogP contribution < -0.4 is 0 Å². The lowest BCUT2D eigenvalue weighted by Crippen LogP contribution is -2.49. The number of hydrogen-bond acceptors (Lipinski definition) is 3. The molecule has 0 heterocycles. The van der Waals surface area contributed by atoms with Crippen LogP contribution in [0.4, 0.5) is 0 Å². The molecule has 0 aliphatic heterocycles. The second-order valence-corrected chi connectivity index (χ2v) is 4.52. The summed E-state index contributed by atoms with van der Waals surface area (Å²) in [5.41, 5.74) is -0.213. The highest BCUT2D eigenvalue weighted by molar-refractivity contribution is 5.81. The number of hydrogen-bond donors (Lipinski definition) is 1. The number of Topliss-reactive ketones (excluding diaryl/α,β-unsaturated/α-hetero) is 1. The van der Waals surface area contributed by atoms with E-state index in [1.807, 2.05) is 20.9 Å². The SMILES string of the molecule is CN(C1CCC(=O)C1)C(C)(C)CO. The minimum Gasteiger partial charge on any atom is -0.394 e. The van der Waals surface area contributed by atoms with E-state index in [2.05, 4.69) is 4.90 Å². The van der Waals surface area contributed by atoms with Crippen LogP contribution in [0.2, 0.25) is 0 Å². The standard InChI is InChI=1S/C10H19NO2/c1-10(2,7-12)11(3)8-4-5-9(13)6-8/h8,12H,4-7H2,1-3H3. The molecule has 0 bridgehead atoms. The van der Waals surface area contributed by atoms with Crippen molar-refractivity contribution in [2.24, 2.45) is 0 Å². The van der Waals surface area contributed by atoms with Gasteiger partial charge in [-0.15, -0.1) is 0 Å². The van der Waals surface area contributed by atoms with E-state index in [4.69, 9.17) is 5.11 Å². The molecule has 76 valence electrons. The van der Waals surface area contributed by atoms with E-state index in [0.29, 0.717) is 24.7 Å². The maximum absolute atomic E-state index is 11.1. The molecule has 1 N–H and O–H groups in total. The van der Waals surface area contributed by atoms with Gasteiger partial charge in [0, 0.05) is 24.4 Å². The van der Waals surface area contributed by atoms with E-state index in [1.54, 1.807) is 0 Å². The van der Waals surface area contributed by atoms with Crippen molar-refractivity contribution in [3.8, 4) is 0 Å². The molecule has 1 aliphatic rings. The predicted molar refractivity (Wildman–Crippen MR) is 51.6 cm³/mol. The summed E-state index contributed by atoms with van der Waals surface area (Å²) in [4.78, 5) is 13.2. The molecule has 13 heavy (non-hydrogen) atoms. The number of carbonyl (C=O) groups is 1. The number of rotatable bonds is 3. The molecule has 1 rings (SSSR count). The van der Waals surface area contributed by atoms with Gasteiger partial charge in [0.1, 0.15) is 5.78 Å². The molecule has 0 saturated heterocycles. The van der Waals surface area contributed by atoms with E-state index in [-0.39, 0.29) is 12.1 Å². The first-order valence-electron chi connectivity index (χ1n) is 4.83. The van der Waals surface area contributed by atoms with Crippen LogP contribution in [0.3, 0.4) is 0 Å².